The summed E-state index contributed by atoms with van der Waals surface area (Å²) in [5, 5.41) is 20.8. The van der Waals surface area contributed by atoms with Crippen molar-refractivity contribution in [2.45, 2.75) is 12.5 Å². The molecule has 1 heterocycles. The number of methoxy groups -OCH3 is 1. The van der Waals surface area contributed by atoms with Crippen molar-refractivity contribution in [2.24, 2.45) is 0 Å². The van der Waals surface area contributed by atoms with Crippen LogP contribution in [-0.4, -0.2) is 35.0 Å². The van der Waals surface area contributed by atoms with Crippen LogP contribution < -0.4 is 5.32 Å². The molecule has 128 valence electrons. The fraction of sp³-hybridized carbons (Fsp3) is 0.176. The molecule has 1 atom stereocenters. The summed E-state index contributed by atoms with van der Waals surface area (Å²) in [6.07, 6.45) is 3.09. The van der Waals surface area contributed by atoms with Gasteiger partial charge in [-0.1, -0.05) is 0 Å². The molecule has 0 saturated carbocycles. The van der Waals surface area contributed by atoms with Gasteiger partial charge in [0.1, 0.15) is 29.3 Å². The third-order valence-corrected chi connectivity index (χ3v) is 3.51. The fourth-order valence-electron chi connectivity index (χ4n) is 2.27. The minimum Gasteiger partial charge on any atom is -0.467 e. The zero-order chi connectivity index (χ0) is 19.1. The molecule has 1 aromatic heterocycles. The normalized spacial score (nSPS) is 10.7. The summed E-state index contributed by atoms with van der Waals surface area (Å²) in [6.45, 7) is 5.19. The van der Waals surface area contributed by atoms with Crippen molar-refractivity contribution in [2.75, 3.05) is 7.11 Å². The van der Waals surface area contributed by atoms with Crippen LogP contribution in [0.25, 0.3) is 4.85 Å². The van der Waals surface area contributed by atoms with Crippen molar-refractivity contribution in [3.63, 3.8) is 0 Å². The summed E-state index contributed by atoms with van der Waals surface area (Å²) < 4.78 is 4.70. The molecule has 0 bridgehead atoms. The van der Waals surface area contributed by atoms with E-state index >= 15 is 0 Å². The minimum absolute atomic E-state index is 0.00599. The van der Waals surface area contributed by atoms with E-state index in [0.717, 1.165) is 0 Å². The Balaban J connectivity index is 2.32. The minimum atomic E-state index is -0.983. The Labute approximate surface area is 148 Å². The molecule has 1 amide bonds. The number of rotatable bonds is 5. The first-order valence-corrected chi connectivity index (χ1v) is 7.29. The number of nitrogens with zero attached hydrogens (tertiary/aromatic N) is 4. The van der Waals surface area contributed by atoms with Gasteiger partial charge in [-0.15, -0.1) is 0 Å². The predicted molar refractivity (Wildman–Crippen MR) is 89.4 cm³/mol. The second-order valence-electron chi connectivity index (χ2n) is 5.10. The number of nitriles is 2. The lowest BCUT2D eigenvalue weighted by Crippen LogP contribution is -2.43. The third-order valence-electron chi connectivity index (χ3n) is 3.51. The van der Waals surface area contributed by atoms with Crippen LogP contribution in [0.15, 0.2) is 24.7 Å². The monoisotopic (exact) mass is 349 g/mol. The molecule has 0 saturated heterocycles. The van der Waals surface area contributed by atoms with E-state index in [0.29, 0.717) is 5.69 Å². The van der Waals surface area contributed by atoms with E-state index in [9.17, 15) is 9.59 Å². The maximum atomic E-state index is 12.5. The standard InChI is InChI=1S/C17H12N6O3/c1-20-15-11(6-18)3-10(4-12(15)7-19)16(24)23-14(17(25)26-2)5-13-8-21-9-22-13/h1,3-4,8-9,14H,5H2,2H3,(H-,21,22,23,24)/p+1/t14-/m1/s1. The van der Waals surface area contributed by atoms with Crippen LogP contribution in [0.3, 0.4) is 0 Å². The molecule has 0 radical (unpaired) electrons. The van der Waals surface area contributed by atoms with Gasteiger partial charge in [-0.2, -0.15) is 10.5 Å². The highest BCUT2D eigenvalue weighted by Gasteiger charge is 2.26. The van der Waals surface area contributed by atoms with Crippen LogP contribution in [0.5, 0.6) is 0 Å². The van der Waals surface area contributed by atoms with Gasteiger partial charge in [0.2, 0.25) is 0 Å². The summed E-state index contributed by atoms with van der Waals surface area (Å²) in [7, 11) is 1.20. The topological polar surface area (TPSA) is 136 Å². The van der Waals surface area contributed by atoms with Gasteiger partial charge in [0, 0.05) is 23.9 Å². The number of nitrogens with one attached hydrogen (secondary N) is 2. The quantitative estimate of drug-likeness (QED) is 0.780. The number of ether oxygens (including phenoxy) is 1. The molecule has 0 aliphatic heterocycles. The smallest absolute Gasteiger partial charge is 0.375 e. The number of hydrogen-bond donors (Lipinski definition) is 2. The van der Waals surface area contributed by atoms with E-state index in [4.69, 9.17) is 21.8 Å². The fourth-order valence-corrected chi connectivity index (χ4v) is 2.27. The van der Waals surface area contributed by atoms with Crippen molar-refractivity contribution < 1.29 is 14.3 Å². The molecule has 26 heavy (non-hydrogen) atoms. The summed E-state index contributed by atoms with van der Waals surface area (Å²) in [4.78, 5) is 34.5. The molecular weight excluding hydrogens is 336 g/mol. The Hall–Kier alpha value is -4.16. The van der Waals surface area contributed by atoms with Crippen molar-refractivity contribution in [1.82, 2.24) is 15.3 Å². The van der Waals surface area contributed by atoms with Gasteiger partial charge in [0.05, 0.1) is 13.4 Å². The molecule has 0 aliphatic rings. The van der Waals surface area contributed by atoms with E-state index in [1.807, 2.05) is 12.1 Å². The largest absolute Gasteiger partial charge is 0.467 e. The number of aromatic amines is 1. The number of aromatic nitrogens is 2. The molecule has 0 unspecified atom stereocenters. The van der Waals surface area contributed by atoms with E-state index in [1.165, 1.54) is 31.8 Å². The van der Waals surface area contributed by atoms with E-state index in [1.54, 1.807) is 0 Å². The number of H-pyrrole nitrogens is 1. The molecule has 0 aliphatic carbocycles. The summed E-state index contributed by atoms with van der Waals surface area (Å²) in [5.74, 6) is -1.31. The van der Waals surface area contributed by atoms with Crippen LogP contribution in [-0.2, 0) is 16.0 Å². The zero-order valence-corrected chi connectivity index (χ0v) is 13.7. The molecule has 2 N–H and O–H groups in total. The molecular formula is C17H13N6O3+. The van der Waals surface area contributed by atoms with Crippen LogP contribution in [0, 0.1) is 29.2 Å². The molecule has 9 nitrogen and oxygen atoms in total. The highest BCUT2D eigenvalue weighted by molar-refractivity contribution is 5.98. The number of imidazole rings is 1. The lowest BCUT2D eigenvalue weighted by molar-refractivity contribution is -0.142. The van der Waals surface area contributed by atoms with Crippen LogP contribution >= 0.6 is 0 Å². The number of hydrogen-bond acceptors (Lipinski definition) is 6. The number of esters is 1. The zero-order valence-electron chi connectivity index (χ0n) is 13.7. The van der Waals surface area contributed by atoms with Crippen LogP contribution in [0.2, 0.25) is 0 Å². The summed E-state index contributed by atoms with van der Waals surface area (Å²) in [5.41, 5.74) is 0.575. The van der Waals surface area contributed by atoms with E-state index < -0.39 is 17.9 Å². The number of amides is 1. The van der Waals surface area contributed by atoms with Gasteiger partial charge in [0.15, 0.2) is 0 Å². The first-order valence-electron chi connectivity index (χ1n) is 7.29. The van der Waals surface area contributed by atoms with Gasteiger partial charge >= 0.3 is 11.7 Å². The lowest BCUT2D eigenvalue weighted by Gasteiger charge is -2.15. The van der Waals surface area contributed by atoms with Crippen molar-refractivity contribution in [3.05, 3.63) is 51.9 Å². The number of carbonyl (C=O) groups is 2. The Morgan fingerprint density at radius 2 is 2.04 bits per heavy atom. The average Bonchev–Trinajstić information content (AvgIpc) is 3.18. The van der Waals surface area contributed by atoms with Crippen molar-refractivity contribution in [1.29, 1.82) is 10.5 Å². The Kier molecular flexibility index (Phi) is 5.66. The SMILES string of the molecule is C#[N+]c1c(C#N)cc(C(=O)N[C@H](Cc2cnc[nH]2)C(=O)OC)cc1C#N. The Morgan fingerprint density at radius 1 is 1.38 bits per heavy atom. The van der Waals surface area contributed by atoms with Gasteiger partial charge in [-0.3, -0.25) is 4.79 Å². The van der Waals surface area contributed by atoms with Gasteiger partial charge in [-0.25, -0.2) is 9.78 Å². The Morgan fingerprint density at radius 3 is 2.50 bits per heavy atom. The average molecular weight is 349 g/mol. The molecule has 0 spiro atoms. The van der Waals surface area contributed by atoms with Crippen LogP contribution in [0.4, 0.5) is 5.69 Å². The molecule has 0 fully saturated rings. The van der Waals surface area contributed by atoms with E-state index in [2.05, 4.69) is 20.1 Å². The first-order chi connectivity index (χ1) is 12.5. The van der Waals surface area contributed by atoms with E-state index in [-0.39, 0.29) is 28.8 Å². The maximum Gasteiger partial charge on any atom is 0.375 e. The van der Waals surface area contributed by atoms with Gasteiger partial charge in [0.25, 0.3) is 12.5 Å². The number of benzene rings is 1. The van der Waals surface area contributed by atoms with Crippen LogP contribution in [0.1, 0.15) is 27.2 Å². The second-order valence-corrected chi connectivity index (χ2v) is 5.10. The van der Waals surface area contributed by atoms with Gasteiger partial charge in [-0.05, 0) is 17.0 Å². The molecule has 9 heteroatoms. The highest BCUT2D eigenvalue weighted by Crippen LogP contribution is 2.25. The molecule has 1 aromatic carbocycles. The lowest BCUT2D eigenvalue weighted by atomic mass is 10.0. The summed E-state index contributed by atoms with van der Waals surface area (Å²) in [6, 6.07) is 5.16. The molecule has 2 aromatic rings. The maximum absolute atomic E-state index is 12.5. The van der Waals surface area contributed by atoms with Gasteiger partial charge < -0.3 is 15.0 Å². The number of carbonyl (C=O) groups excluding carboxylic acids is 2. The van der Waals surface area contributed by atoms with Crippen molar-refractivity contribution in [3.8, 4) is 18.7 Å². The third kappa shape index (κ3) is 3.84. The summed E-state index contributed by atoms with van der Waals surface area (Å²) >= 11 is 0. The second kappa shape index (κ2) is 8.09. The van der Waals surface area contributed by atoms with Crippen molar-refractivity contribution >= 4 is 17.6 Å². The first kappa shape index (κ1) is 18.2. The predicted octanol–water partition coefficient (Wildman–Crippen LogP) is 1.26. The highest BCUT2D eigenvalue weighted by atomic mass is 16.5. The Bertz CT molecular complexity index is 925. The molecule has 2 rings (SSSR count).